The van der Waals surface area contributed by atoms with Crippen molar-refractivity contribution in [3.05, 3.63) is 166 Å². The molecule has 1 N–H and O–H groups in total. The van der Waals surface area contributed by atoms with Gasteiger partial charge in [0.25, 0.3) is 0 Å². The third kappa shape index (κ3) is 5.10. The number of fused-ring (bicyclic) bond motifs is 4. The first kappa shape index (κ1) is 35.4. The lowest BCUT2D eigenvalue weighted by atomic mass is 9.49. The number of benzene rings is 5. The van der Waals surface area contributed by atoms with Crippen LogP contribution in [0.2, 0.25) is 5.02 Å². The Labute approximate surface area is 327 Å². The second-order valence-electron chi connectivity index (χ2n) is 14.7. The van der Waals surface area contributed by atoms with Gasteiger partial charge in [-0.25, -0.2) is 4.90 Å². The van der Waals surface area contributed by atoms with E-state index in [2.05, 4.69) is 0 Å². The molecule has 4 aliphatic rings. The minimum absolute atomic E-state index is 0.0906. The number of phenolic OH excluding ortho intramolecular Hbond substituents is 1. The van der Waals surface area contributed by atoms with Gasteiger partial charge in [-0.15, -0.1) is 0 Å². The molecular weight excluding hydrogens is 728 g/mol. The summed E-state index contributed by atoms with van der Waals surface area (Å²) in [4.78, 5) is 75.0. The van der Waals surface area contributed by atoms with Gasteiger partial charge in [0.15, 0.2) is 5.78 Å². The number of carbonyl (C=O) groups is 5. The molecule has 0 spiro atoms. The van der Waals surface area contributed by atoms with Crippen LogP contribution in [0.5, 0.6) is 11.5 Å². The number of carbonyl (C=O) groups excluding carboxylic acids is 5. The maximum Gasteiger partial charge on any atom is 0.246 e. The van der Waals surface area contributed by atoms with Crippen LogP contribution < -0.4 is 14.5 Å². The largest absolute Gasteiger partial charge is 0.508 e. The highest BCUT2D eigenvalue weighted by atomic mass is 35.5. The average Bonchev–Trinajstić information content (AvgIpc) is 3.62. The first-order chi connectivity index (χ1) is 27.2. The van der Waals surface area contributed by atoms with Gasteiger partial charge in [-0.1, -0.05) is 96.0 Å². The lowest BCUT2D eigenvalue weighted by Crippen LogP contribution is -2.53. The molecule has 2 saturated heterocycles. The number of ketones is 1. The second-order valence-corrected chi connectivity index (χ2v) is 15.2. The number of phenols is 1. The van der Waals surface area contributed by atoms with E-state index in [1.54, 1.807) is 84.9 Å². The van der Waals surface area contributed by atoms with E-state index in [0.717, 1.165) is 0 Å². The highest BCUT2D eigenvalue weighted by Gasteiger charge is 2.71. The van der Waals surface area contributed by atoms with E-state index in [9.17, 15) is 19.5 Å². The summed E-state index contributed by atoms with van der Waals surface area (Å²) in [6.07, 6.45) is 2.22. The van der Waals surface area contributed by atoms with Gasteiger partial charge in [0, 0.05) is 27.6 Å². The number of methoxy groups -OCH3 is 1. The van der Waals surface area contributed by atoms with Crippen molar-refractivity contribution >= 4 is 52.4 Å². The number of anilines is 2. The number of nitrogens with zero attached hydrogens (tertiary/aromatic N) is 2. The van der Waals surface area contributed by atoms with Gasteiger partial charge in [0.1, 0.15) is 11.5 Å². The normalized spacial score (nSPS) is 25.4. The number of amides is 4. The summed E-state index contributed by atoms with van der Waals surface area (Å²) in [6.45, 7) is 0. The number of aromatic hydroxyl groups is 1. The lowest BCUT2D eigenvalue weighted by Gasteiger charge is -2.51. The molecule has 6 unspecified atom stereocenters. The number of ether oxygens (including phenoxy) is 1. The van der Waals surface area contributed by atoms with Crippen LogP contribution in [0.3, 0.4) is 0 Å². The van der Waals surface area contributed by atoms with E-state index in [-0.39, 0.29) is 30.3 Å². The summed E-state index contributed by atoms with van der Waals surface area (Å²) in [7, 11) is 1.48. The van der Waals surface area contributed by atoms with E-state index in [1.165, 1.54) is 23.0 Å². The molecule has 5 aromatic carbocycles. The Balaban J connectivity index is 1.19. The van der Waals surface area contributed by atoms with Crippen LogP contribution in [0.4, 0.5) is 11.4 Å². The van der Waals surface area contributed by atoms with Gasteiger partial charge in [0.05, 0.1) is 41.7 Å². The smallest absolute Gasteiger partial charge is 0.246 e. The van der Waals surface area contributed by atoms with Crippen molar-refractivity contribution in [1.82, 2.24) is 0 Å². The van der Waals surface area contributed by atoms with E-state index < -0.39 is 52.7 Å². The van der Waals surface area contributed by atoms with Gasteiger partial charge in [0.2, 0.25) is 23.6 Å². The summed E-state index contributed by atoms with van der Waals surface area (Å²) in [5.74, 6) is -5.95. The molecule has 9 rings (SSSR count). The fraction of sp³-hybridized carbons (Fsp3) is 0.196. The van der Waals surface area contributed by atoms with Crippen molar-refractivity contribution in [3.8, 4) is 11.5 Å². The predicted molar refractivity (Wildman–Crippen MR) is 210 cm³/mol. The van der Waals surface area contributed by atoms with Gasteiger partial charge >= 0.3 is 0 Å². The molecule has 3 fully saturated rings. The summed E-state index contributed by atoms with van der Waals surface area (Å²) >= 11 is 6.42. The zero-order valence-electron chi connectivity index (χ0n) is 30.2. The molecule has 0 radical (unpaired) electrons. The molecule has 56 heavy (non-hydrogen) atoms. The van der Waals surface area contributed by atoms with Crippen LogP contribution in [-0.2, 0) is 24.6 Å². The van der Waals surface area contributed by atoms with E-state index in [0.29, 0.717) is 50.0 Å². The molecule has 2 aliphatic carbocycles. The molecule has 0 aromatic heterocycles. The molecule has 278 valence electrons. The fourth-order valence-corrected chi connectivity index (χ4v) is 10.0. The Morgan fingerprint density at radius 3 is 2.11 bits per heavy atom. The zero-order chi connectivity index (χ0) is 38.9. The average molecular weight is 763 g/mol. The fourth-order valence-electron chi connectivity index (χ4n) is 9.83. The summed E-state index contributed by atoms with van der Waals surface area (Å²) in [6, 6.07) is 35.8. The molecule has 0 bridgehead atoms. The Morgan fingerprint density at radius 2 is 1.41 bits per heavy atom. The summed E-state index contributed by atoms with van der Waals surface area (Å²) < 4.78 is 5.86. The van der Waals surface area contributed by atoms with Crippen LogP contribution in [-0.4, -0.2) is 41.6 Å². The summed E-state index contributed by atoms with van der Waals surface area (Å²) in [5.41, 5.74) is 1.59. The van der Waals surface area contributed by atoms with Crippen molar-refractivity contribution in [2.24, 2.45) is 23.7 Å². The molecule has 2 aliphatic heterocycles. The van der Waals surface area contributed by atoms with Crippen molar-refractivity contribution in [2.45, 2.75) is 24.2 Å². The van der Waals surface area contributed by atoms with Gasteiger partial charge < -0.3 is 9.84 Å². The standard InChI is InChI=1S/C46H35ClN2O7/c1-56-37-17-9-16-36(50)39(37)40-32-22-23-33-38(44(54)48(42(33)52)30-20-18-27(19-21-30)41(51)26-10-4-2-5-11-26)34(32)25-35-43(53)49(31-15-8-14-29(47)24-31)45(55)46(35,40)28-12-6-3-7-13-28/h2-22,24,33-35,38,40,50H,23,25H2,1H3. The Morgan fingerprint density at radius 1 is 0.732 bits per heavy atom. The highest BCUT2D eigenvalue weighted by Crippen LogP contribution is 2.66. The SMILES string of the molecule is COc1cccc(O)c1C1C2=CCC3C(=O)N(c4ccc(C(=O)c5ccccc5)cc4)C(=O)C3C2CC2C(=O)N(c3cccc(Cl)c3)C(=O)C21c1ccccc1. The third-order valence-electron chi connectivity index (χ3n) is 12.1. The van der Waals surface area contributed by atoms with Crippen LogP contribution in [0.15, 0.2) is 139 Å². The maximum absolute atomic E-state index is 15.5. The maximum atomic E-state index is 15.5. The minimum atomic E-state index is -1.57. The van der Waals surface area contributed by atoms with Crippen molar-refractivity contribution in [1.29, 1.82) is 0 Å². The Kier molecular flexibility index (Phi) is 8.50. The number of rotatable bonds is 7. The van der Waals surface area contributed by atoms with Crippen LogP contribution >= 0.6 is 11.6 Å². The Bertz CT molecular complexity index is 2480. The van der Waals surface area contributed by atoms with Gasteiger partial charge in [-0.05, 0) is 78.9 Å². The Hall–Kier alpha value is -6.32. The van der Waals surface area contributed by atoms with Crippen LogP contribution in [0, 0.1) is 23.7 Å². The zero-order valence-corrected chi connectivity index (χ0v) is 30.9. The molecule has 6 atom stereocenters. The molecule has 5 aromatic rings. The summed E-state index contributed by atoms with van der Waals surface area (Å²) in [5, 5.41) is 12.1. The lowest BCUT2D eigenvalue weighted by molar-refractivity contribution is -0.127. The number of halogens is 1. The topological polar surface area (TPSA) is 121 Å². The van der Waals surface area contributed by atoms with Crippen LogP contribution in [0.1, 0.15) is 45.8 Å². The quantitative estimate of drug-likeness (QED) is 0.103. The molecular formula is C46H35ClN2O7. The van der Waals surface area contributed by atoms with Gasteiger partial charge in [-0.2, -0.15) is 0 Å². The number of hydrogen-bond acceptors (Lipinski definition) is 7. The van der Waals surface area contributed by atoms with Crippen molar-refractivity contribution < 1.29 is 33.8 Å². The predicted octanol–water partition coefficient (Wildman–Crippen LogP) is 7.65. The van der Waals surface area contributed by atoms with E-state index in [1.807, 2.05) is 42.5 Å². The number of hydrogen-bond donors (Lipinski definition) is 1. The molecule has 9 nitrogen and oxygen atoms in total. The molecule has 1 saturated carbocycles. The molecule has 4 amide bonds. The second kappa shape index (κ2) is 13.5. The van der Waals surface area contributed by atoms with E-state index >= 15 is 9.59 Å². The molecule has 2 heterocycles. The van der Waals surface area contributed by atoms with Crippen molar-refractivity contribution in [3.63, 3.8) is 0 Å². The van der Waals surface area contributed by atoms with E-state index in [4.69, 9.17) is 16.3 Å². The van der Waals surface area contributed by atoms with Crippen LogP contribution in [0.25, 0.3) is 0 Å². The first-order valence-electron chi connectivity index (χ1n) is 18.5. The highest BCUT2D eigenvalue weighted by molar-refractivity contribution is 6.32. The number of allylic oxidation sites excluding steroid dienone is 2. The monoisotopic (exact) mass is 762 g/mol. The minimum Gasteiger partial charge on any atom is -0.508 e. The molecule has 10 heteroatoms. The first-order valence-corrected chi connectivity index (χ1v) is 18.9. The van der Waals surface area contributed by atoms with Gasteiger partial charge in [-0.3, -0.25) is 28.9 Å². The van der Waals surface area contributed by atoms with Crippen molar-refractivity contribution in [2.75, 3.05) is 16.9 Å². The third-order valence-corrected chi connectivity index (χ3v) is 12.4. The number of imide groups is 2.